The number of unbranched alkanes of at least 4 members (excludes halogenated alkanes) is 1. The molecule has 0 aliphatic heterocycles. The summed E-state index contributed by atoms with van der Waals surface area (Å²) in [7, 11) is 0. The average Bonchev–Trinajstić information content (AvgIpc) is 2.94. The van der Waals surface area contributed by atoms with Crippen molar-refractivity contribution in [2.75, 3.05) is 11.9 Å². The van der Waals surface area contributed by atoms with E-state index in [9.17, 15) is 4.79 Å². The van der Waals surface area contributed by atoms with Gasteiger partial charge < -0.3 is 14.8 Å². The normalized spacial score (nSPS) is 10.4. The molecule has 1 aromatic carbocycles. The van der Waals surface area contributed by atoms with Gasteiger partial charge >= 0.3 is 0 Å². The van der Waals surface area contributed by atoms with Crippen LogP contribution in [0.15, 0.2) is 35.1 Å². The van der Waals surface area contributed by atoms with E-state index in [2.05, 4.69) is 15.5 Å². The van der Waals surface area contributed by atoms with Crippen molar-refractivity contribution in [1.29, 1.82) is 0 Å². The number of aliphatic hydroxyl groups excluding tert-OH is 1. The average molecular weight is 261 g/mol. The first-order valence-corrected chi connectivity index (χ1v) is 6.07. The van der Waals surface area contributed by atoms with Gasteiger partial charge in [-0.25, -0.2) is 0 Å². The fourth-order valence-electron chi connectivity index (χ4n) is 1.62. The van der Waals surface area contributed by atoms with Gasteiger partial charge in [0.1, 0.15) is 0 Å². The summed E-state index contributed by atoms with van der Waals surface area (Å²) in [5.74, 6) is 0.389. The first-order chi connectivity index (χ1) is 9.29. The highest BCUT2D eigenvalue weighted by Gasteiger charge is 2.05. The van der Waals surface area contributed by atoms with Gasteiger partial charge in [0.25, 0.3) is 0 Å². The molecule has 0 fully saturated rings. The molecule has 0 saturated heterocycles. The maximum Gasteiger partial charge on any atom is 0.247 e. The van der Waals surface area contributed by atoms with Crippen molar-refractivity contribution < 1.29 is 14.3 Å². The fourth-order valence-corrected chi connectivity index (χ4v) is 1.62. The van der Waals surface area contributed by atoms with Crippen LogP contribution in [0.3, 0.4) is 0 Å². The summed E-state index contributed by atoms with van der Waals surface area (Å²) in [5, 5.41) is 18.8. The van der Waals surface area contributed by atoms with E-state index in [0.717, 1.165) is 11.3 Å². The lowest BCUT2D eigenvalue weighted by atomic mass is 10.2. The van der Waals surface area contributed by atoms with Crippen molar-refractivity contribution >= 4 is 11.6 Å². The number of amides is 1. The number of aromatic nitrogens is 2. The molecule has 0 spiro atoms. The first kappa shape index (κ1) is 13.2. The molecule has 1 aromatic heterocycles. The highest BCUT2D eigenvalue weighted by atomic mass is 16.4. The van der Waals surface area contributed by atoms with Gasteiger partial charge in [0.05, 0.1) is 0 Å². The van der Waals surface area contributed by atoms with Gasteiger partial charge in [-0.1, -0.05) is 0 Å². The molecule has 100 valence electrons. The highest BCUT2D eigenvalue weighted by molar-refractivity contribution is 5.90. The second kappa shape index (κ2) is 6.65. The lowest BCUT2D eigenvalue weighted by Crippen LogP contribution is -2.11. The Balaban J connectivity index is 1.90. The van der Waals surface area contributed by atoms with Crippen molar-refractivity contribution in [3.63, 3.8) is 0 Å². The summed E-state index contributed by atoms with van der Waals surface area (Å²) in [4.78, 5) is 11.6. The number of anilines is 1. The van der Waals surface area contributed by atoms with Crippen LogP contribution in [0, 0.1) is 0 Å². The predicted molar refractivity (Wildman–Crippen MR) is 69.3 cm³/mol. The molecule has 19 heavy (non-hydrogen) atoms. The molecule has 1 amide bonds. The zero-order valence-corrected chi connectivity index (χ0v) is 10.4. The van der Waals surface area contributed by atoms with E-state index in [4.69, 9.17) is 9.52 Å². The van der Waals surface area contributed by atoms with Crippen LogP contribution in [0.1, 0.15) is 19.3 Å². The van der Waals surface area contributed by atoms with Crippen molar-refractivity contribution in [2.24, 2.45) is 0 Å². The van der Waals surface area contributed by atoms with Crippen LogP contribution in [0.4, 0.5) is 5.69 Å². The Morgan fingerprint density at radius 1 is 1.26 bits per heavy atom. The number of nitrogens with one attached hydrogen (secondary N) is 1. The number of hydrogen-bond acceptors (Lipinski definition) is 5. The molecule has 0 radical (unpaired) electrons. The van der Waals surface area contributed by atoms with Crippen molar-refractivity contribution in [3.8, 4) is 11.5 Å². The Morgan fingerprint density at radius 3 is 2.68 bits per heavy atom. The molecule has 6 nitrogen and oxygen atoms in total. The van der Waals surface area contributed by atoms with Gasteiger partial charge in [-0.3, -0.25) is 4.79 Å². The standard InChI is InChI=1S/C13H15N3O3/c17-8-2-1-3-12(18)15-11-6-4-10(5-7-11)13-16-14-9-19-13/h4-7,9,17H,1-3,8H2,(H,15,18). The van der Waals surface area contributed by atoms with Gasteiger partial charge in [0.15, 0.2) is 0 Å². The van der Waals surface area contributed by atoms with E-state index in [1.54, 1.807) is 24.3 Å². The predicted octanol–water partition coefficient (Wildman–Crippen LogP) is 1.84. The molecule has 2 rings (SSSR count). The van der Waals surface area contributed by atoms with E-state index in [1.807, 2.05) is 0 Å². The van der Waals surface area contributed by atoms with Gasteiger partial charge in [0, 0.05) is 24.3 Å². The topological polar surface area (TPSA) is 88.2 Å². The largest absolute Gasteiger partial charge is 0.423 e. The first-order valence-electron chi connectivity index (χ1n) is 6.07. The zero-order chi connectivity index (χ0) is 13.5. The van der Waals surface area contributed by atoms with Crippen LogP contribution < -0.4 is 5.32 Å². The maximum atomic E-state index is 11.6. The smallest absolute Gasteiger partial charge is 0.247 e. The van der Waals surface area contributed by atoms with Crippen molar-refractivity contribution in [1.82, 2.24) is 10.2 Å². The Hall–Kier alpha value is -2.21. The lowest BCUT2D eigenvalue weighted by Gasteiger charge is -2.05. The molecule has 1 heterocycles. The summed E-state index contributed by atoms with van der Waals surface area (Å²) in [5.41, 5.74) is 1.52. The summed E-state index contributed by atoms with van der Waals surface area (Å²) in [6.07, 6.45) is 3.00. The molecule has 0 bridgehead atoms. The highest BCUT2D eigenvalue weighted by Crippen LogP contribution is 2.18. The van der Waals surface area contributed by atoms with E-state index in [-0.39, 0.29) is 12.5 Å². The van der Waals surface area contributed by atoms with Crippen LogP contribution in [-0.2, 0) is 4.79 Å². The van der Waals surface area contributed by atoms with Crippen LogP contribution in [0.5, 0.6) is 0 Å². The minimum absolute atomic E-state index is 0.0565. The third-order valence-corrected chi connectivity index (χ3v) is 2.59. The van der Waals surface area contributed by atoms with Crippen LogP contribution in [0.25, 0.3) is 11.5 Å². The molecule has 2 N–H and O–H groups in total. The Bertz CT molecular complexity index is 508. The summed E-state index contributed by atoms with van der Waals surface area (Å²) in [6.45, 7) is 0.117. The molecule has 6 heteroatoms. The summed E-state index contributed by atoms with van der Waals surface area (Å²) < 4.78 is 5.07. The lowest BCUT2D eigenvalue weighted by molar-refractivity contribution is -0.116. The van der Waals surface area contributed by atoms with E-state index >= 15 is 0 Å². The number of carbonyl (C=O) groups excluding carboxylic acids is 1. The van der Waals surface area contributed by atoms with E-state index < -0.39 is 0 Å². The molecule has 0 unspecified atom stereocenters. The summed E-state index contributed by atoms with van der Waals surface area (Å²) >= 11 is 0. The maximum absolute atomic E-state index is 11.6. The van der Waals surface area contributed by atoms with Crippen LogP contribution in [-0.4, -0.2) is 27.8 Å². The SMILES string of the molecule is O=C(CCCCO)Nc1ccc(-c2nnco2)cc1. The molecule has 0 atom stereocenters. The second-order valence-electron chi connectivity index (χ2n) is 4.05. The molecular weight excluding hydrogens is 246 g/mol. The molecule has 2 aromatic rings. The summed E-state index contributed by atoms with van der Waals surface area (Å²) in [6, 6.07) is 7.17. The number of rotatable bonds is 6. The number of carbonyl (C=O) groups is 1. The second-order valence-corrected chi connectivity index (χ2v) is 4.05. The van der Waals surface area contributed by atoms with Crippen molar-refractivity contribution in [3.05, 3.63) is 30.7 Å². The Morgan fingerprint density at radius 2 is 2.05 bits per heavy atom. The minimum Gasteiger partial charge on any atom is -0.423 e. The molecular formula is C13H15N3O3. The van der Waals surface area contributed by atoms with Gasteiger partial charge in [-0.05, 0) is 37.1 Å². The fraction of sp³-hybridized carbons (Fsp3) is 0.308. The Kier molecular flexibility index (Phi) is 4.63. The van der Waals surface area contributed by atoms with Gasteiger partial charge in [-0.2, -0.15) is 0 Å². The van der Waals surface area contributed by atoms with E-state index in [1.165, 1.54) is 6.39 Å². The quantitative estimate of drug-likeness (QED) is 0.774. The van der Waals surface area contributed by atoms with E-state index in [0.29, 0.717) is 25.2 Å². The molecule has 0 saturated carbocycles. The van der Waals surface area contributed by atoms with Gasteiger partial charge in [-0.15, -0.1) is 10.2 Å². The molecule has 0 aliphatic carbocycles. The Labute approximate surface area is 110 Å². The number of benzene rings is 1. The van der Waals surface area contributed by atoms with Gasteiger partial charge in [0.2, 0.25) is 18.2 Å². The van der Waals surface area contributed by atoms with Crippen LogP contribution >= 0.6 is 0 Å². The van der Waals surface area contributed by atoms with Crippen molar-refractivity contribution in [2.45, 2.75) is 19.3 Å². The number of nitrogens with zero attached hydrogens (tertiary/aromatic N) is 2. The monoisotopic (exact) mass is 261 g/mol. The number of hydrogen-bond donors (Lipinski definition) is 2. The minimum atomic E-state index is -0.0565. The third kappa shape index (κ3) is 3.89. The zero-order valence-electron chi connectivity index (χ0n) is 10.4. The van der Waals surface area contributed by atoms with Crippen LogP contribution in [0.2, 0.25) is 0 Å². The third-order valence-electron chi connectivity index (χ3n) is 2.59. The number of aliphatic hydroxyl groups is 1. The molecule has 0 aliphatic rings.